The highest BCUT2D eigenvalue weighted by molar-refractivity contribution is 6.30. The Balaban J connectivity index is 2.17. The van der Waals surface area contributed by atoms with E-state index in [9.17, 15) is 9.59 Å². The van der Waals surface area contributed by atoms with Crippen LogP contribution in [-0.4, -0.2) is 23.5 Å². The van der Waals surface area contributed by atoms with E-state index >= 15 is 0 Å². The molecule has 0 aliphatic carbocycles. The van der Waals surface area contributed by atoms with Crippen LogP contribution in [0.3, 0.4) is 0 Å². The number of rotatable bonds is 6. The lowest BCUT2D eigenvalue weighted by molar-refractivity contribution is -0.138. The molecule has 0 saturated heterocycles. The van der Waals surface area contributed by atoms with E-state index in [-0.39, 0.29) is 5.91 Å². The van der Waals surface area contributed by atoms with Crippen LogP contribution in [0.25, 0.3) is 0 Å². The lowest BCUT2D eigenvalue weighted by Crippen LogP contribution is -2.32. The number of amides is 1. The van der Waals surface area contributed by atoms with E-state index in [1.807, 2.05) is 0 Å². The van der Waals surface area contributed by atoms with Gasteiger partial charge in [0.15, 0.2) is 0 Å². The number of hydrogen-bond donors (Lipinski definition) is 2. The van der Waals surface area contributed by atoms with Crippen molar-refractivity contribution in [3.63, 3.8) is 0 Å². The van der Waals surface area contributed by atoms with Gasteiger partial charge in [-0.05, 0) is 37.3 Å². The van der Waals surface area contributed by atoms with E-state index < -0.39 is 18.4 Å². The molecule has 120 valence electrons. The number of nitrogens with one attached hydrogen (secondary N) is 1. The topological polar surface area (TPSA) is 75.6 Å². The summed E-state index contributed by atoms with van der Waals surface area (Å²) in [4.78, 5) is 22.6. The average Bonchev–Trinajstić information content (AvgIpc) is 2.54. The normalized spacial score (nSPS) is 11.6. The highest BCUT2D eigenvalue weighted by Crippen LogP contribution is 2.31. The van der Waals surface area contributed by atoms with Crippen molar-refractivity contribution < 1.29 is 19.4 Å². The zero-order valence-corrected chi connectivity index (χ0v) is 13.2. The van der Waals surface area contributed by atoms with E-state index in [1.54, 1.807) is 55.5 Å². The number of carboxylic acids is 1. The highest BCUT2D eigenvalue weighted by atomic mass is 35.5. The second-order valence-corrected chi connectivity index (χ2v) is 5.36. The summed E-state index contributed by atoms with van der Waals surface area (Å²) >= 11 is 5.84. The van der Waals surface area contributed by atoms with Crippen LogP contribution in [0.5, 0.6) is 11.5 Å². The number of para-hydroxylation sites is 1. The van der Waals surface area contributed by atoms with Gasteiger partial charge in [-0.25, -0.2) is 0 Å². The predicted octanol–water partition coefficient (Wildman–Crippen LogP) is 3.44. The molecular weight excluding hydrogens is 318 g/mol. The first kappa shape index (κ1) is 16.8. The number of carbonyl (C=O) groups is 2. The molecule has 0 aliphatic rings. The van der Waals surface area contributed by atoms with Gasteiger partial charge >= 0.3 is 5.97 Å². The van der Waals surface area contributed by atoms with Gasteiger partial charge < -0.3 is 15.2 Å². The zero-order chi connectivity index (χ0) is 16.8. The van der Waals surface area contributed by atoms with Gasteiger partial charge in [0.2, 0.25) is 5.91 Å². The molecule has 1 unspecified atom stereocenters. The van der Waals surface area contributed by atoms with Crippen molar-refractivity contribution in [3.05, 3.63) is 59.1 Å². The fourth-order valence-corrected chi connectivity index (χ4v) is 2.14. The van der Waals surface area contributed by atoms with Crippen molar-refractivity contribution >= 4 is 23.5 Å². The van der Waals surface area contributed by atoms with Gasteiger partial charge in [0, 0.05) is 10.6 Å². The Labute approximate surface area is 138 Å². The molecule has 23 heavy (non-hydrogen) atoms. The summed E-state index contributed by atoms with van der Waals surface area (Å²) in [7, 11) is 0. The van der Waals surface area contributed by atoms with Crippen molar-refractivity contribution in [2.75, 3.05) is 6.54 Å². The summed E-state index contributed by atoms with van der Waals surface area (Å²) in [6, 6.07) is 14.0. The summed E-state index contributed by atoms with van der Waals surface area (Å²) in [6.07, 6.45) is 0. The SMILES string of the molecule is CC(C(=O)NCC(=O)O)c1ccccc1Oc1ccc(Cl)cc1. The Hall–Kier alpha value is -2.53. The number of halogens is 1. The number of carbonyl (C=O) groups excluding carboxylic acids is 1. The second-order valence-electron chi connectivity index (χ2n) is 4.93. The minimum Gasteiger partial charge on any atom is -0.480 e. The molecule has 1 amide bonds. The zero-order valence-electron chi connectivity index (χ0n) is 12.5. The van der Waals surface area contributed by atoms with E-state index in [1.165, 1.54) is 0 Å². The molecule has 0 radical (unpaired) electrons. The van der Waals surface area contributed by atoms with Gasteiger partial charge in [-0.3, -0.25) is 9.59 Å². The summed E-state index contributed by atoms with van der Waals surface area (Å²) in [5, 5.41) is 11.6. The molecule has 2 N–H and O–H groups in total. The van der Waals surface area contributed by atoms with Crippen LogP contribution in [0.1, 0.15) is 18.4 Å². The molecule has 2 rings (SSSR count). The maximum atomic E-state index is 12.0. The van der Waals surface area contributed by atoms with Crippen LogP contribution >= 0.6 is 11.6 Å². The van der Waals surface area contributed by atoms with E-state index in [0.29, 0.717) is 22.1 Å². The quantitative estimate of drug-likeness (QED) is 0.849. The van der Waals surface area contributed by atoms with Crippen molar-refractivity contribution in [2.24, 2.45) is 0 Å². The molecule has 1 atom stereocenters. The monoisotopic (exact) mass is 333 g/mol. The molecule has 0 spiro atoms. The van der Waals surface area contributed by atoms with Crippen molar-refractivity contribution in [3.8, 4) is 11.5 Å². The number of ether oxygens (including phenoxy) is 1. The molecule has 6 heteroatoms. The molecular formula is C17H16ClNO4. The summed E-state index contributed by atoms with van der Waals surface area (Å²) in [5.74, 6) is -0.874. The van der Waals surface area contributed by atoms with Gasteiger partial charge in [0.1, 0.15) is 18.0 Å². The Kier molecular flexibility index (Phi) is 5.60. The largest absolute Gasteiger partial charge is 0.480 e. The van der Waals surface area contributed by atoms with Crippen molar-refractivity contribution in [2.45, 2.75) is 12.8 Å². The maximum absolute atomic E-state index is 12.0. The number of hydrogen-bond acceptors (Lipinski definition) is 3. The van der Waals surface area contributed by atoms with Crippen LogP contribution in [0.2, 0.25) is 5.02 Å². The fraction of sp³-hybridized carbons (Fsp3) is 0.176. The molecule has 2 aromatic carbocycles. The Morgan fingerprint density at radius 1 is 1.17 bits per heavy atom. The van der Waals surface area contributed by atoms with Crippen LogP contribution in [0, 0.1) is 0 Å². The molecule has 0 aliphatic heterocycles. The Morgan fingerprint density at radius 2 is 1.83 bits per heavy atom. The maximum Gasteiger partial charge on any atom is 0.322 e. The van der Waals surface area contributed by atoms with Crippen molar-refractivity contribution in [1.82, 2.24) is 5.32 Å². The second kappa shape index (κ2) is 7.65. The molecule has 0 saturated carbocycles. The Bertz CT molecular complexity index is 700. The number of aliphatic carboxylic acids is 1. The van der Waals surface area contributed by atoms with Crippen molar-refractivity contribution in [1.29, 1.82) is 0 Å². The third-order valence-corrected chi connectivity index (χ3v) is 3.49. The summed E-state index contributed by atoms with van der Waals surface area (Å²) in [6.45, 7) is 1.28. The smallest absolute Gasteiger partial charge is 0.322 e. The molecule has 0 bridgehead atoms. The van der Waals surface area contributed by atoms with Gasteiger partial charge in [0.05, 0.1) is 5.92 Å². The van der Waals surface area contributed by atoms with Crippen LogP contribution < -0.4 is 10.1 Å². The molecule has 0 aromatic heterocycles. The van der Waals surface area contributed by atoms with Crippen LogP contribution in [0.15, 0.2) is 48.5 Å². The molecule has 5 nitrogen and oxygen atoms in total. The fourth-order valence-electron chi connectivity index (χ4n) is 2.02. The third kappa shape index (κ3) is 4.72. The predicted molar refractivity (Wildman–Crippen MR) is 87.0 cm³/mol. The number of benzene rings is 2. The molecule has 2 aromatic rings. The Morgan fingerprint density at radius 3 is 2.48 bits per heavy atom. The van der Waals surface area contributed by atoms with Crippen LogP contribution in [0.4, 0.5) is 0 Å². The van der Waals surface area contributed by atoms with Gasteiger partial charge in [-0.15, -0.1) is 0 Å². The van der Waals surface area contributed by atoms with Gasteiger partial charge in [-0.1, -0.05) is 29.8 Å². The molecule has 0 heterocycles. The lowest BCUT2D eigenvalue weighted by atomic mass is 9.99. The minimum absolute atomic E-state index is 0.375. The average molecular weight is 334 g/mol. The van der Waals surface area contributed by atoms with E-state index in [0.717, 1.165) is 0 Å². The minimum atomic E-state index is -1.09. The first-order valence-corrected chi connectivity index (χ1v) is 7.37. The van der Waals surface area contributed by atoms with Gasteiger partial charge in [-0.2, -0.15) is 0 Å². The van der Waals surface area contributed by atoms with E-state index in [2.05, 4.69) is 5.32 Å². The number of carboxylic acid groups (broad SMARTS) is 1. The third-order valence-electron chi connectivity index (χ3n) is 3.23. The van der Waals surface area contributed by atoms with E-state index in [4.69, 9.17) is 21.4 Å². The standard InChI is InChI=1S/C17H16ClNO4/c1-11(17(22)19-10-16(20)21)14-4-2-3-5-15(14)23-13-8-6-12(18)7-9-13/h2-9,11H,10H2,1H3,(H,19,22)(H,20,21). The van der Waals surface area contributed by atoms with Gasteiger partial charge in [0.25, 0.3) is 0 Å². The summed E-state index contributed by atoms with van der Waals surface area (Å²) in [5.41, 5.74) is 0.672. The van der Waals surface area contributed by atoms with Crippen LogP contribution in [-0.2, 0) is 9.59 Å². The molecule has 0 fully saturated rings. The highest BCUT2D eigenvalue weighted by Gasteiger charge is 2.19. The summed E-state index contributed by atoms with van der Waals surface area (Å²) < 4.78 is 5.81. The first-order chi connectivity index (χ1) is 11.0. The lowest BCUT2D eigenvalue weighted by Gasteiger charge is -2.16. The first-order valence-electron chi connectivity index (χ1n) is 6.99.